The Labute approximate surface area is 182 Å². The van der Waals surface area contributed by atoms with E-state index < -0.39 is 0 Å². The van der Waals surface area contributed by atoms with Crippen LogP contribution in [0.5, 0.6) is 5.75 Å². The van der Waals surface area contributed by atoms with E-state index in [4.69, 9.17) is 16.3 Å². The van der Waals surface area contributed by atoms with Crippen LogP contribution >= 0.6 is 27.5 Å². The van der Waals surface area contributed by atoms with Crippen LogP contribution < -0.4 is 15.5 Å². The quantitative estimate of drug-likeness (QED) is 0.348. The van der Waals surface area contributed by atoms with Crippen LogP contribution in [0.25, 0.3) is 0 Å². The molecule has 0 aliphatic rings. The maximum absolute atomic E-state index is 11.9. The summed E-state index contributed by atoms with van der Waals surface area (Å²) in [5, 5.41) is 7.63. The second-order valence-corrected chi connectivity index (χ2v) is 7.49. The molecule has 0 radical (unpaired) electrons. The molecule has 0 atom stereocenters. The summed E-state index contributed by atoms with van der Waals surface area (Å²) in [6.07, 6.45) is 1.58. The molecule has 1 amide bonds. The van der Waals surface area contributed by atoms with Gasteiger partial charge in [0.2, 0.25) is 0 Å². The highest BCUT2D eigenvalue weighted by Crippen LogP contribution is 2.16. The number of carbonyl (C=O) groups excluding carboxylic acids is 1. The van der Waals surface area contributed by atoms with Crippen LogP contribution in [0.3, 0.4) is 0 Å². The van der Waals surface area contributed by atoms with E-state index in [1.807, 2.05) is 48.5 Å². The van der Waals surface area contributed by atoms with Crippen molar-refractivity contribution in [2.45, 2.75) is 6.61 Å². The lowest BCUT2D eigenvalue weighted by molar-refractivity contribution is -0.119. The molecule has 0 aliphatic carbocycles. The maximum Gasteiger partial charge on any atom is 0.259 e. The van der Waals surface area contributed by atoms with Gasteiger partial charge in [-0.25, -0.2) is 5.43 Å². The van der Waals surface area contributed by atoms with Gasteiger partial charge in [0.15, 0.2) is 0 Å². The second kappa shape index (κ2) is 10.6. The Morgan fingerprint density at radius 3 is 2.59 bits per heavy atom. The number of hydrogen-bond acceptors (Lipinski definition) is 4. The Morgan fingerprint density at radius 1 is 1.07 bits per heavy atom. The summed E-state index contributed by atoms with van der Waals surface area (Å²) >= 11 is 9.25. The molecule has 3 rings (SSSR count). The van der Waals surface area contributed by atoms with Gasteiger partial charge in [0.1, 0.15) is 12.4 Å². The Hall–Kier alpha value is -2.83. The van der Waals surface area contributed by atoms with Gasteiger partial charge in [-0.3, -0.25) is 4.79 Å². The van der Waals surface area contributed by atoms with Crippen molar-refractivity contribution in [1.82, 2.24) is 5.43 Å². The first-order valence-electron chi connectivity index (χ1n) is 8.87. The van der Waals surface area contributed by atoms with Crippen LogP contribution in [0, 0.1) is 0 Å². The number of benzene rings is 3. The molecular weight excluding hydrogens is 454 g/mol. The highest BCUT2D eigenvalue weighted by atomic mass is 79.9. The fourth-order valence-electron chi connectivity index (χ4n) is 2.40. The first kappa shape index (κ1) is 20.9. The largest absolute Gasteiger partial charge is 0.489 e. The Kier molecular flexibility index (Phi) is 7.67. The van der Waals surface area contributed by atoms with Gasteiger partial charge < -0.3 is 10.1 Å². The lowest BCUT2D eigenvalue weighted by Gasteiger charge is -2.07. The van der Waals surface area contributed by atoms with Crippen LogP contribution in [0.15, 0.2) is 82.4 Å². The maximum atomic E-state index is 11.9. The summed E-state index contributed by atoms with van der Waals surface area (Å²) in [6.45, 7) is 0.580. The number of carbonyl (C=O) groups is 1. The standard InChI is InChI=1S/C22H19BrClN3O2/c23-18-6-4-16(5-7-18)15-29-21-3-1-2-17(12-21)13-26-27-22(28)14-25-20-10-8-19(24)9-11-20/h1-13,25H,14-15H2,(H,27,28)/b26-13-. The summed E-state index contributed by atoms with van der Waals surface area (Å²) in [7, 11) is 0. The lowest BCUT2D eigenvalue weighted by atomic mass is 10.2. The molecule has 0 saturated heterocycles. The third kappa shape index (κ3) is 7.25. The zero-order chi connectivity index (χ0) is 20.5. The molecule has 0 aromatic heterocycles. The van der Waals surface area contributed by atoms with Gasteiger partial charge in [-0.05, 0) is 59.7 Å². The molecule has 0 fully saturated rings. The lowest BCUT2D eigenvalue weighted by Crippen LogP contribution is -2.25. The smallest absolute Gasteiger partial charge is 0.259 e. The van der Waals surface area contributed by atoms with Gasteiger partial charge in [-0.15, -0.1) is 0 Å². The van der Waals surface area contributed by atoms with Crippen molar-refractivity contribution in [3.05, 3.63) is 93.4 Å². The third-order valence-corrected chi connectivity index (χ3v) is 4.66. The van der Waals surface area contributed by atoms with Gasteiger partial charge >= 0.3 is 0 Å². The van der Waals surface area contributed by atoms with Gasteiger partial charge in [-0.2, -0.15) is 5.10 Å². The van der Waals surface area contributed by atoms with E-state index >= 15 is 0 Å². The molecule has 3 aromatic rings. The molecular formula is C22H19BrClN3O2. The number of hydrazone groups is 1. The first-order valence-corrected chi connectivity index (χ1v) is 10.0. The molecule has 3 aromatic carbocycles. The summed E-state index contributed by atoms with van der Waals surface area (Å²) in [5.74, 6) is 0.478. The average Bonchev–Trinajstić information content (AvgIpc) is 2.73. The number of amides is 1. The topological polar surface area (TPSA) is 62.7 Å². The zero-order valence-corrected chi connectivity index (χ0v) is 17.8. The molecule has 29 heavy (non-hydrogen) atoms. The second-order valence-electron chi connectivity index (χ2n) is 6.14. The van der Waals surface area contributed by atoms with Crippen LogP contribution in [-0.2, 0) is 11.4 Å². The van der Waals surface area contributed by atoms with E-state index in [2.05, 4.69) is 31.8 Å². The number of hydrogen-bond donors (Lipinski definition) is 2. The fraction of sp³-hybridized carbons (Fsp3) is 0.0909. The van der Waals surface area contributed by atoms with E-state index in [-0.39, 0.29) is 12.5 Å². The van der Waals surface area contributed by atoms with E-state index in [1.165, 1.54) is 0 Å². The van der Waals surface area contributed by atoms with Crippen molar-refractivity contribution >= 4 is 45.3 Å². The van der Waals surface area contributed by atoms with Crippen LogP contribution in [0.2, 0.25) is 5.02 Å². The summed E-state index contributed by atoms with van der Waals surface area (Å²) < 4.78 is 6.84. The molecule has 0 aliphatic heterocycles. The predicted octanol–water partition coefficient (Wildman–Crippen LogP) is 5.24. The highest BCUT2D eigenvalue weighted by molar-refractivity contribution is 9.10. The normalized spacial score (nSPS) is 10.7. The zero-order valence-electron chi connectivity index (χ0n) is 15.4. The van der Waals surface area contributed by atoms with Crippen molar-refractivity contribution < 1.29 is 9.53 Å². The summed E-state index contributed by atoms with van der Waals surface area (Å²) in [6, 6.07) is 22.6. The van der Waals surface area contributed by atoms with Crippen molar-refractivity contribution in [1.29, 1.82) is 0 Å². The number of nitrogens with zero attached hydrogens (tertiary/aromatic N) is 1. The molecule has 0 saturated carbocycles. The van der Waals surface area contributed by atoms with Gasteiger partial charge in [0.05, 0.1) is 12.8 Å². The number of rotatable bonds is 8. The number of anilines is 1. The Bertz CT molecular complexity index is 976. The molecule has 7 heteroatoms. The molecule has 0 spiro atoms. The first-order chi connectivity index (χ1) is 14.1. The van der Waals surface area contributed by atoms with Crippen molar-refractivity contribution in [2.24, 2.45) is 5.10 Å². The number of halogens is 2. The molecule has 0 bridgehead atoms. The summed E-state index contributed by atoms with van der Waals surface area (Å²) in [5.41, 5.74) is 5.20. The van der Waals surface area contributed by atoms with Gasteiger partial charge in [0, 0.05) is 15.2 Å². The molecule has 148 valence electrons. The Balaban J connectivity index is 1.46. The predicted molar refractivity (Wildman–Crippen MR) is 121 cm³/mol. The minimum absolute atomic E-state index is 0.106. The van der Waals surface area contributed by atoms with Gasteiger partial charge in [0.25, 0.3) is 5.91 Å². The SMILES string of the molecule is O=C(CNc1ccc(Cl)cc1)N/N=C\c1cccc(OCc2ccc(Br)cc2)c1. The Morgan fingerprint density at radius 2 is 1.83 bits per heavy atom. The fourth-order valence-corrected chi connectivity index (χ4v) is 2.79. The van der Waals surface area contributed by atoms with Crippen molar-refractivity contribution in [3.8, 4) is 5.75 Å². The highest BCUT2D eigenvalue weighted by Gasteiger charge is 2.00. The summed E-state index contributed by atoms with van der Waals surface area (Å²) in [4.78, 5) is 11.9. The average molecular weight is 473 g/mol. The molecule has 0 heterocycles. The van der Waals surface area contributed by atoms with Crippen LogP contribution in [0.1, 0.15) is 11.1 Å². The van der Waals surface area contributed by atoms with Crippen LogP contribution in [-0.4, -0.2) is 18.7 Å². The van der Waals surface area contributed by atoms with E-state index in [1.54, 1.807) is 30.5 Å². The third-order valence-electron chi connectivity index (χ3n) is 3.88. The molecule has 2 N–H and O–H groups in total. The minimum atomic E-state index is -0.251. The van der Waals surface area contributed by atoms with Crippen molar-refractivity contribution in [2.75, 3.05) is 11.9 Å². The van der Waals surface area contributed by atoms with E-state index in [9.17, 15) is 4.79 Å². The monoisotopic (exact) mass is 471 g/mol. The molecule has 0 unspecified atom stereocenters. The van der Waals surface area contributed by atoms with Crippen LogP contribution in [0.4, 0.5) is 5.69 Å². The minimum Gasteiger partial charge on any atom is -0.489 e. The van der Waals surface area contributed by atoms with Gasteiger partial charge in [-0.1, -0.05) is 51.8 Å². The van der Waals surface area contributed by atoms with E-state index in [0.717, 1.165) is 27.0 Å². The van der Waals surface area contributed by atoms with Crippen molar-refractivity contribution in [3.63, 3.8) is 0 Å². The number of nitrogens with one attached hydrogen (secondary N) is 2. The molecule has 5 nitrogen and oxygen atoms in total. The van der Waals surface area contributed by atoms with E-state index in [0.29, 0.717) is 11.6 Å². The number of ether oxygens (including phenoxy) is 1.